The Morgan fingerprint density at radius 3 is 2.36 bits per heavy atom. The number of benzene rings is 1. The zero-order chi connectivity index (χ0) is 16.5. The molecule has 22 heavy (non-hydrogen) atoms. The molecular formula is C14H11F3N2O3. The number of rotatable bonds is 3. The van der Waals surface area contributed by atoms with Crippen LogP contribution in [0.3, 0.4) is 0 Å². The van der Waals surface area contributed by atoms with E-state index < -0.39 is 28.1 Å². The smallest absolute Gasteiger partial charge is 0.349 e. The molecular weight excluding hydrogens is 301 g/mol. The highest BCUT2D eigenvalue weighted by atomic mass is 19.4. The van der Waals surface area contributed by atoms with Crippen molar-refractivity contribution in [2.75, 3.05) is 0 Å². The van der Waals surface area contributed by atoms with Crippen LogP contribution in [0.2, 0.25) is 0 Å². The van der Waals surface area contributed by atoms with Crippen molar-refractivity contribution in [3.63, 3.8) is 0 Å². The zero-order valence-electron chi connectivity index (χ0n) is 11.6. The molecule has 1 aromatic carbocycles. The minimum atomic E-state index is -4.69. The fraction of sp³-hybridized carbons (Fsp3) is 0.214. The number of aryl methyl sites for hydroxylation is 2. The topological polar surface area (TPSA) is 69.2 Å². The minimum Gasteiger partial charge on any atom is -0.349 e. The molecule has 0 saturated heterocycles. The largest absolute Gasteiger partial charge is 0.417 e. The summed E-state index contributed by atoms with van der Waals surface area (Å²) >= 11 is 0. The van der Waals surface area contributed by atoms with E-state index in [0.717, 1.165) is 5.56 Å². The summed E-state index contributed by atoms with van der Waals surface area (Å²) in [6.45, 7) is 3.03. The quantitative estimate of drug-likeness (QED) is 0.626. The number of nitro groups is 1. The Labute approximate surface area is 123 Å². The average Bonchev–Trinajstić information content (AvgIpc) is 2.77. The first-order chi connectivity index (χ1) is 10.2. The van der Waals surface area contributed by atoms with Gasteiger partial charge in [0, 0.05) is 6.08 Å². The number of aromatic nitrogens is 1. The molecule has 0 radical (unpaired) electrons. The minimum absolute atomic E-state index is 0.0818. The van der Waals surface area contributed by atoms with Crippen molar-refractivity contribution in [2.24, 2.45) is 0 Å². The van der Waals surface area contributed by atoms with Crippen LogP contribution in [-0.4, -0.2) is 16.3 Å². The molecule has 116 valence electrons. The predicted octanol–water partition coefficient (Wildman–Crippen LogP) is 4.30. The first-order valence-electron chi connectivity index (χ1n) is 6.16. The maximum absolute atomic E-state index is 13.2. The zero-order valence-corrected chi connectivity index (χ0v) is 11.6. The van der Waals surface area contributed by atoms with E-state index >= 15 is 0 Å². The summed E-state index contributed by atoms with van der Waals surface area (Å²) in [4.78, 5) is 10.1. The van der Waals surface area contributed by atoms with Gasteiger partial charge in [-0.25, -0.2) is 0 Å². The van der Waals surface area contributed by atoms with Crippen LogP contribution in [0.5, 0.6) is 0 Å². The van der Waals surface area contributed by atoms with Crippen LogP contribution < -0.4 is 0 Å². The lowest BCUT2D eigenvalue weighted by Crippen LogP contribution is -2.10. The third-order valence-corrected chi connectivity index (χ3v) is 2.98. The third kappa shape index (κ3) is 3.16. The molecule has 2 rings (SSSR count). The summed E-state index contributed by atoms with van der Waals surface area (Å²) in [5.74, 6) is -0.532. The van der Waals surface area contributed by atoms with Crippen LogP contribution in [0.25, 0.3) is 11.6 Å². The van der Waals surface area contributed by atoms with Crippen LogP contribution in [-0.2, 0) is 0 Å². The first-order valence-corrected chi connectivity index (χ1v) is 6.16. The summed E-state index contributed by atoms with van der Waals surface area (Å²) in [6, 6.07) is 5.64. The maximum Gasteiger partial charge on any atom is 0.417 e. The van der Waals surface area contributed by atoms with E-state index in [0.29, 0.717) is 6.08 Å². The summed E-state index contributed by atoms with van der Waals surface area (Å²) in [5.41, 5.74) is -1.00. The Morgan fingerprint density at radius 2 is 1.86 bits per heavy atom. The van der Waals surface area contributed by atoms with Gasteiger partial charge in [0.25, 0.3) is 0 Å². The Kier molecular flexibility index (Phi) is 4.03. The molecule has 0 saturated carbocycles. The van der Waals surface area contributed by atoms with E-state index in [1.54, 1.807) is 6.92 Å². The molecule has 0 amide bonds. The van der Waals surface area contributed by atoms with Gasteiger partial charge in [0.15, 0.2) is 5.69 Å². The van der Waals surface area contributed by atoms with E-state index in [9.17, 15) is 23.3 Å². The van der Waals surface area contributed by atoms with E-state index in [2.05, 4.69) is 9.68 Å². The lowest BCUT2D eigenvalue weighted by atomic mass is 10.0. The van der Waals surface area contributed by atoms with Gasteiger partial charge in [-0.05, 0) is 19.4 Å². The molecule has 0 spiro atoms. The Morgan fingerprint density at radius 1 is 1.27 bits per heavy atom. The van der Waals surface area contributed by atoms with Crippen molar-refractivity contribution in [3.8, 4) is 0 Å². The van der Waals surface area contributed by atoms with Crippen molar-refractivity contribution in [1.29, 1.82) is 0 Å². The molecule has 0 aliphatic carbocycles. The van der Waals surface area contributed by atoms with Crippen molar-refractivity contribution in [3.05, 3.63) is 57.0 Å². The normalized spacial score (nSPS) is 12.5. The second kappa shape index (κ2) is 5.63. The monoisotopic (exact) mass is 312 g/mol. The molecule has 0 N–H and O–H groups in total. The Hall–Kier alpha value is -2.64. The molecule has 0 bridgehead atoms. The lowest BCUT2D eigenvalue weighted by Gasteiger charge is -2.11. The van der Waals surface area contributed by atoms with Crippen molar-refractivity contribution < 1.29 is 22.6 Å². The van der Waals surface area contributed by atoms with Gasteiger partial charge in [-0.15, -0.1) is 0 Å². The van der Waals surface area contributed by atoms with Crippen molar-refractivity contribution >= 4 is 17.3 Å². The molecule has 5 nitrogen and oxygen atoms in total. The Bertz CT molecular complexity index is 731. The number of alkyl halides is 3. The number of nitrogens with zero attached hydrogens (tertiary/aromatic N) is 2. The second-order valence-corrected chi connectivity index (χ2v) is 4.66. The number of hydrogen-bond donors (Lipinski definition) is 0. The average molecular weight is 312 g/mol. The molecule has 1 aromatic heterocycles. The van der Waals surface area contributed by atoms with Gasteiger partial charge in [0.2, 0.25) is 5.76 Å². The molecule has 0 fully saturated rings. The molecule has 2 aromatic rings. The van der Waals surface area contributed by atoms with Gasteiger partial charge in [0.1, 0.15) is 0 Å². The van der Waals surface area contributed by atoms with E-state index in [-0.39, 0.29) is 11.3 Å². The van der Waals surface area contributed by atoms with Crippen LogP contribution in [0.1, 0.15) is 22.6 Å². The summed E-state index contributed by atoms with van der Waals surface area (Å²) in [5, 5.41) is 14.3. The molecule has 1 heterocycles. The number of allylic oxidation sites excluding steroid dienone is 1. The Balaban J connectivity index is 2.60. The van der Waals surface area contributed by atoms with Crippen LogP contribution in [0.15, 0.2) is 28.8 Å². The molecule has 8 heteroatoms. The van der Waals surface area contributed by atoms with Gasteiger partial charge in [0.05, 0.1) is 10.5 Å². The molecule has 0 aliphatic heterocycles. The van der Waals surface area contributed by atoms with Gasteiger partial charge in [-0.2, -0.15) is 13.2 Å². The van der Waals surface area contributed by atoms with Crippen molar-refractivity contribution in [1.82, 2.24) is 5.16 Å². The number of hydrogen-bond acceptors (Lipinski definition) is 4. The number of halogens is 3. The van der Waals surface area contributed by atoms with Crippen molar-refractivity contribution in [2.45, 2.75) is 20.0 Å². The van der Waals surface area contributed by atoms with Crippen LogP contribution in [0, 0.1) is 24.0 Å². The van der Waals surface area contributed by atoms with E-state index in [1.165, 1.54) is 31.2 Å². The lowest BCUT2D eigenvalue weighted by molar-refractivity contribution is -0.386. The second-order valence-electron chi connectivity index (χ2n) is 4.66. The summed E-state index contributed by atoms with van der Waals surface area (Å²) in [7, 11) is 0. The predicted molar refractivity (Wildman–Crippen MR) is 73.0 cm³/mol. The molecule has 0 atom stereocenters. The van der Waals surface area contributed by atoms with Gasteiger partial charge >= 0.3 is 11.9 Å². The van der Waals surface area contributed by atoms with E-state index in [4.69, 9.17) is 0 Å². The molecule has 0 aliphatic rings. The fourth-order valence-corrected chi connectivity index (χ4v) is 1.89. The highest BCUT2D eigenvalue weighted by Crippen LogP contribution is 2.37. The van der Waals surface area contributed by atoms with Gasteiger partial charge in [-0.1, -0.05) is 35.0 Å². The summed E-state index contributed by atoms with van der Waals surface area (Å²) in [6.07, 6.45) is -4.09. The maximum atomic E-state index is 13.2. The highest BCUT2D eigenvalue weighted by Gasteiger charge is 2.36. The van der Waals surface area contributed by atoms with E-state index in [1.807, 2.05) is 0 Å². The van der Waals surface area contributed by atoms with Gasteiger partial charge in [-0.3, -0.25) is 10.1 Å². The first kappa shape index (κ1) is 15.7. The third-order valence-electron chi connectivity index (χ3n) is 2.98. The highest BCUT2D eigenvalue weighted by molar-refractivity contribution is 5.85. The molecule has 0 unspecified atom stereocenters. The van der Waals surface area contributed by atoms with Crippen LogP contribution in [0.4, 0.5) is 18.9 Å². The standard InChI is InChI=1S/C14H11F3N2O3/c1-8-3-5-10(6-4-8)11(14(15,16)17)7-12-13(19(20)21)9(2)18-22-12/h3-7H,1-2H3. The fourth-order valence-electron chi connectivity index (χ4n) is 1.89. The SMILES string of the molecule is Cc1ccc(C(=Cc2onc(C)c2[N+](=O)[O-])C(F)(F)F)cc1. The van der Waals surface area contributed by atoms with Crippen LogP contribution >= 0.6 is 0 Å². The summed E-state index contributed by atoms with van der Waals surface area (Å²) < 4.78 is 44.4. The van der Waals surface area contributed by atoms with Gasteiger partial charge < -0.3 is 4.52 Å².